The summed E-state index contributed by atoms with van der Waals surface area (Å²) in [5.74, 6) is 0.327. The Morgan fingerprint density at radius 3 is 2.44 bits per heavy atom. The molecule has 3 N–H and O–H groups in total. The fourth-order valence-electron chi connectivity index (χ4n) is 2.28. The lowest BCUT2D eigenvalue weighted by molar-refractivity contribution is -0.120. The van der Waals surface area contributed by atoms with Gasteiger partial charge in [0.2, 0.25) is 5.91 Å². The average Bonchev–Trinajstić information content (AvgIpc) is 2.66. The first-order valence-corrected chi connectivity index (χ1v) is 9.38. The molecule has 0 heterocycles. The summed E-state index contributed by atoms with van der Waals surface area (Å²) in [6.45, 7) is 0. The van der Waals surface area contributed by atoms with Crippen LogP contribution < -0.4 is 20.7 Å². The van der Waals surface area contributed by atoms with E-state index in [2.05, 4.69) is 31.9 Å². The third-order valence-electron chi connectivity index (χ3n) is 3.77. The number of methoxy groups -OCH3 is 1. The summed E-state index contributed by atoms with van der Waals surface area (Å²) in [4.78, 5) is 23.6. The van der Waals surface area contributed by atoms with Crippen molar-refractivity contribution in [2.24, 2.45) is 0 Å². The van der Waals surface area contributed by atoms with Gasteiger partial charge in [-0.1, -0.05) is 12.1 Å². The summed E-state index contributed by atoms with van der Waals surface area (Å²) in [7, 11) is 3.18. The van der Waals surface area contributed by atoms with Gasteiger partial charge in [0.1, 0.15) is 5.75 Å². The smallest absolute Gasteiger partial charge is 0.257 e. The third-order valence-corrected chi connectivity index (χ3v) is 4.60. The van der Waals surface area contributed by atoms with E-state index in [-0.39, 0.29) is 16.9 Å². The second kappa shape index (κ2) is 10.0. The summed E-state index contributed by atoms with van der Waals surface area (Å²) in [5, 5.41) is 8.40. The summed E-state index contributed by atoms with van der Waals surface area (Å²) >= 11 is 8.55. The monoisotopic (exact) mass is 449 g/mol. The van der Waals surface area contributed by atoms with Gasteiger partial charge in [-0.2, -0.15) is 0 Å². The van der Waals surface area contributed by atoms with Gasteiger partial charge in [0, 0.05) is 24.7 Å². The molecule has 0 aliphatic heterocycles. The Morgan fingerprint density at radius 2 is 1.85 bits per heavy atom. The van der Waals surface area contributed by atoms with Crippen molar-refractivity contribution in [1.82, 2.24) is 10.6 Å². The van der Waals surface area contributed by atoms with E-state index in [4.69, 9.17) is 17.0 Å². The maximum atomic E-state index is 12.3. The Kier molecular flexibility index (Phi) is 7.75. The van der Waals surface area contributed by atoms with Crippen molar-refractivity contribution in [2.75, 3.05) is 19.5 Å². The third kappa shape index (κ3) is 6.33. The van der Waals surface area contributed by atoms with Crippen LogP contribution in [0.5, 0.6) is 5.75 Å². The van der Waals surface area contributed by atoms with Crippen molar-refractivity contribution in [3.63, 3.8) is 0 Å². The highest BCUT2D eigenvalue weighted by atomic mass is 79.9. The van der Waals surface area contributed by atoms with Crippen LogP contribution in [0.25, 0.3) is 0 Å². The fraction of sp³-hybridized carbons (Fsp3) is 0.211. The Balaban J connectivity index is 1.90. The Morgan fingerprint density at radius 1 is 1.15 bits per heavy atom. The van der Waals surface area contributed by atoms with Crippen molar-refractivity contribution in [2.45, 2.75) is 12.8 Å². The minimum Gasteiger partial charge on any atom is -0.496 e. The fourth-order valence-corrected chi connectivity index (χ4v) is 3.03. The van der Waals surface area contributed by atoms with Crippen LogP contribution in [0.3, 0.4) is 0 Å². The normalized spacial score (nSPS) is 10.0. The van der Waals surface area contributed by atoms with E-state index in [1.165, 1.54) is 0 Å². The van der Waals surface area contributed by atoms with Crippen LogP contribution in [0, 0.1) is 0 Å². The van der Waals surface area contributed by atoms with Crippen molar-refractivity contribution in [3.8, 4) is 5.75 Å². The zero-order valence-electron chi connectivity index (χ0n) is 15.0. The Labute approximate surface area is 171 Å². The minimum atomic E-state index is -0.321. The van der Waals surface area contributed by atoms with Gasteiger partial charge in [-0.25, -0.2) is 0 Å². The largest absolute Gasteiger partial charge is 0.496 e. The number of carbonyl (C=O) groups is 2. The first-order chi connectivity index (χ1) is 12.9. The molecule has 0 radical (unpaired) electrons. The molecule has 2 rings (SSSR count). The maximum absolute atomic E-state index is 12.3. The van der Waals surface area contributed by atoms with E-state index in [0.29, 0.717) is 28.6 Å². The van der Waals surface area contributed by atoms with Crippen molar-refractivity contribution < 1.29 is 14.3 Å². The second-order valence-corrected chi connectivity index (χ2v) is 6.89. The van der Waals surface area contributed by atoms with E-state index in [9.17, 15) is 9.59 Å². The summed E-state index contributed by atoms with van der Waals surface area (Å²) in [6, 6.07) is 12.5. The van der Waals surface area contributed by atoms with Crippen molar-refractivity contribution in [1.29, 1.82) is 0 Å². The molecule has 0 saturated carbocycles. The number of amides is 2. The number of hydrogen-bond acceptors (Lipinski definition) is 4. The molecule has 0 fully saturated rings. The van der Waals surface area contributed by atoms with Crippen LogP contribution in [-0.2, 0) is 11.2 Å². The number of ether oxygens (including phenoxy) is 1. The highest BCUT2D eigenvalue weighted by molar-refractivity contribution is 9.10. The predicted molar refractivity (Wildman–Crippen MR) is 113 cm³/mol. The molecular formula is C19H20BrN3O3S. The number of thiocarbonyl (C=S) groups is 1. The van der Waals surface area contributed by atoms with E-state index >= 15 is 0 Å². The van der Waals surface area contributed by atoms with Gasteiger partial charge in [0.05, 0.1) is 11.6 Å². The molecule has 2 aromatic carbocycles. The molecule has 142 valence electrons. The number of rotatable bonds is 6. The van der Waals surface area contributed by atoms with Gasteiger partial charge in [-0.15, -0.1) is 0 Å². The quantitative estimate of drug-likeness (QED) is 0.589. The molecule has 0 saturated heterocycles. The number of hydrogen-bond donors (Lipinski definition) is 3. The van der Waals surface area contributed by atoms with Gasteiger partial charge >= 0.3 is 0 Å². The van der Waals surface area contributed by atoms with Crippen molar-refractivity contribution in [3.05, 3.63) is 58.1 Å². The highest BCUT2D eigenvalue weighted by Crippen LogP contribution is 2.25. The van der Waals surface area contributed by atoms with Gasteiger partial charge in [-0.05, 0) is 70.5 Å². The molecule has 0 unspecified atom stereocenters. The van der Waals surface area contributed by atoms with Gasteiger partial charge in [-0.3, -0.25) is 14.9 Å². The number of nitrogens with one attached hydrogen (secondary N) is 3. The number of halogens is 1. The second-order valence-electron chi connectivity index (χ2n) is 5.63. The molecule has 0 aliphatic carbocycles. The van der Waals surface area contributed by atoms with Crippen LogP contribution in [-0.4, -0.2) is 31.1 Å². The van der Waals surface area contributed by atoms with Crippen LogP contribution in [0.15, 0.2) is 46.9 Å². The lowest BCUT2D eigenvalue weighted by Crippen LogP contribution is -2.34. The lowest BCUT2D eigenvalue weighted by Gasteiger charge is -2.11. The molecule has 0 aromatic heterocycles. The summed E-state index contributed by atoms with van der Waals surface area (Å²) < 4.78 is 5.83. The summed E-state index contributed by atoms with van der Waals surface area (Å²) in [6.07, 6.45) is 1.10. The standard InChI is InChI=1S/C19H20BrN3O3S/c1-21-17(24)10-5-12-3-7-14(8-4-12)22-19(27)23-18(25)13-6-9-16(26-2)15(20)11-13/h3-4,6-9,11H,5,10H2,1-2H3,(H,21,24)(H2,22,23,25,27). The SMILES string of the molecule is CNC(=O)CCc1ccc(NC(=S)NC(=O)c2ccc(OC)c(Br)c2)cc1. The predicted octanol–water partition coefficient (Wildman–Crippen LogP) is 3.26. The van der Waals surface area contributed by atoms with E-state index < -0.39 is 0 Å². The molecule has 0 spiro atoms. The lowest BCUT2D eigenvalue weighted by atomic mass is 10.1. The first-order valence-electron chi connectivity index (χ1n) is 8.18. The highest BCUT2D eigenvalue weighted by Gasteiger charge is 2.11. The van der Waals surface area contributed by atoms with Crippen LogP contribution in [0.4, 0.5) is 5.69 Å². The van der Waals surface area contributed by atoms with Gasteiger partial charge in [0.25, 0.3) is 5.91 Å². The van der Waals surface area contributed by atoms with Gasteiger partial charge < -0.3 is 15.4 Å². The molecule has 0 aliphatic rings. The van der Waals surface area contributed by atoms with Crippen LogP contribution >= 0.6 is 28.1 Å². The van der Waals surface area contributed by atoms with E-state index in [0.717, 1.165) is 11.3 Å². The average molecular weight is 450 g/mol. The number of carbonyl (C=O) groups excluding carboxylic acids is 2. The maximum Gasteiger partial charge on any atom is 0.257 e. The number of anilines is 1. The van der Waals surface area contributed by atoms with E-state index in [1.807, 2.05) is 24.3 Å². The molecule has 2 aromatic rings. The molecule has 0 atom stereocenters. The van der Waals surface area contributed by atoms with Gasteiger partial charge in [0.15, 0.2) is 5.11 Å². The molecule has 8 heteroatoms. The molecule has 2 amide bonds. The molecule has 0 bridgehead atoms. The molecule has 27 heavy (non-hydrogen) atoms. The topological polar surface area (TPSA) is 79.5 Å². The number of benzene rings is 2. The number of aryl methyl sites for hydroxylation is 1. The molecule has 6 nitrogen and oxygen atoms in total. The zero-order chi connectivity index (χ0) is 19.8. The van der Waals surface area contributed by atoms with Crippen molar-refractivity contribution >= 4 is 50.8 Å². The Bertz CT molecular complexity index is 841. The van der Waals surface area contributed by atoms with Crippen LogP contribution in [0.2, 0.25) is 0 Å². The van der Waals surface area contributed by atoms with Crippen LogP contribution in [0.1, 0.15) is 22.3 Å². The summed E-state index contributed by atoms with van der Waals surface area (Å²) in [5.41, 5.74) is 2.25. The zero-order valence-corrected chi connectivity index (χ0v) is 17.4. The molecular weight excluding hydrogens is 430 g/mol. The first kappa shape index (κ1) is 20.9. The van der Waals surface area contributed by atoms with E-state index in [1.54, 1.807) is 32.4 Å². The minimum absolute atomic E-state index is 0.00580. The Hall–Kier alpha value is -2.45.